The minimum atomic E-state index is 0.747. The molecule has 4 nitrogen and oxygen atoms in total. The molecule has 0 saturated carbocycles. The molecule has 0 N–H and O–H groups in total. The first-order chi connectivity index (χ1) is 12.8. The van der Waals surface area contributed by atoms with Crippen molar-refractivity contribution in [2.24, 2.45) is 0 Å². The van der Waals surface area contributed by atoms with E-state index in [0.717, 1.165) is 45.1 Å². The molecule has 1 saturated heterocycles. The number of hydrogen-bond acceptors (Lipinski definition) is 6. The molecule has 5 rings (SSSR count). The average molecular weight is 399 g/mol. The fourth-order valence-electron chi connectivity index (χ4n) is 3.71. The van der Waals surface area contributed by atoms with Crippen molar-refractivity contribution in [1.29, 1.82) is 0 Å². The largest absolute Gasteiger partial charge is 0.357 e. The molecular weight excluding hydrogens is 380 g/mol. The molecular formula is C19H18N4S3. The van der Waals surface area contributed by atoms with Crippen molar-refractivity contribution in [1.82, 2.24) is 19.9 Å². The van der Waals surface area contributed by atoms with Crippen molar-refractivity contribution in [3.8, 4) is 11.4 Å². The van der Waals surface area contributed by atoms with Crippen LogP contribution in [0.2, 0.25) is 0 Å². The number of thioether (sulfide) groups is 1. The van der Waals surface area contributed by atoms with E-state index in [-0.39, 0.29) is 0 Å². The van der Waals surface area contributed by atoms with Crippen molar-refractivity contribution < 1.29 is 0 Å². The molecule has 2 aliphatic rings. The van der Waals surface area contributed by atoms with E-state index in [9.17, 15) is 0 Å². The molecule has 4 heterocycles. The van der Waals surface area contributed by atoms with Crippen LogP contribution in [0.25, 0.3) is 21.6 Å². The number of aromatic nitrogens is 3. The number of fused-ring (bicyclic) bond motifs is 3. The van der Waals surface area contributed by atoms with Gasteiger partial charge in [-0.2, -0.15) is 0 Å². The lowest BCUT2D eigenvalue weighted by Crippen LogP contribution is -2.23. The lowest BCUT2D eigenvalue weighted by atomic mass is 10.2. The predicted octanol–water partition coefficient (Wildman–Crippen LogP) is 4.71. The van der Waals surface area contributed by atoms with Crippen LogP contribution in [0.1, 0.15) is 29.7 Å². The summed E-state index contributed by atoms with van der Waals surface area (Å²) in [6, 6.07) is 3.95. The first-order valence-electron chi connectivity index (χ1n) is 8.99. The topological polar surface area (TPSA) is 41.9 Å². The number of thiophene rings is 1. The van der Waals surface area contributed by atoms with Crippen LogP contribution in [0.15, 0.2) is 29.6 Å². The normalized spacial score (nSPS) is 16.4. The second-order valence-electron chi connectivity index (χ2n) is 6.69. The maximum atomic E-state index is 5.74. The number of rotatable bonds is 2. The number of aryl methyl sites for hydroxylation is 2. The molecule has 1 aliphatic heterocycles. The van der Waals surface area contributed by atoms with E-state index < -0.39 is 0 Å². The van der Waals surface area contributed by atoms with E-state index in [2.05, 4.69) is 9.88 Å². The van der Waals surface area contributed by atoms with Gasteiger partial charge >= 0.3 is 0 Å². The lowest BCUT2D eigenvalue weighted by Gasteiger charge is -2.17. The van der Waals surface area contributed by atoms with Gasteiger partial charge in [-0.05, 0) is 61.6 Å². The SMILES string of the molecule is S=C(Sc1nc(-c2cccnc2)nc2sc3c(c12)CCC3)N1CCCC1. The van der Waals surface area contributed by atoms with E-state index >= 15 is 0 Å². The van der Waals surface area contributed by atoms with Gasteiger partial charge in [0.05, 0.1) is 0 Å². The molecule has 7 heteroatoms. The monoisotopic (exact) mass is 398 g/mol. The summed E-state index contributed by atoms with van der Waals surface area (Å²) in [6.07, 6.45) is 9.61. The van der Waals surface area contributed by atoms with Gasteiger partial charge in [-0.25, -0.2) is 9.97 Å². The zero-order valence-corrected chi connectivity index (χ0v) is 16.7. The van der Waals surface area contributed by atoms with Crippen molar-refractivity contribution >= 4 is 49.9 Å². The van der Waals surface area contributed by atoms with Crippen molar-refractivity contribution in [2.75, 3.05) is 13.1 Å². The molecule has 3 aromatic heterocycles. The summed E-state index contributed by atoms with van der Waals surface area (Å²) in [5.41, 5.74) is 2.41. The van der Waals surface area contributed by atoms with E-state index in [4.69, 9.17) is 22.2 Å². The first kappa shape index (κ1) is 16.6. The third-order valence-corrected chi connectivity index (χ3v) is 7.61. The smallest absolute Gasteiger partial charge is 0.163 e. The molecule has 0 spiro atoms. The summed E-state index contributed by atoms with van der Waals surface area (Å²) in [5.74, 6) is 0.747. The summed E-state index contributed by atoms with van der Waals surface area (Å²) >= 11 is 9.21. The van der Waals surface area contributed by atoms with E-state index in [1.807, 2.05) is 29.7 Å². The van der Waals surface area contributed by atoms with Crippen LogP contribution in [0, 0.1) is 0 Å². The summed E-state index contributed by atoms with van der Waals surface area (Å²) in [6.45, 7) is 2.13. The van der Waals surface area contributed by atoms with Crippen LogP contribution in [0.3, 0.4) is 0 Å². The highest BCUT2D eigenvalue weighted by molar-refractivity contribution is 8.23. The fourth-order valence-corrected chi connectivity index (χ4v) is 6.38. The molecule has 26 heavy (non-hydrogen) atoms. The predicted molar refractivity (Wildman–Crippen MR) is 112 cm³/mol. The van der Waals surface area contributed by atoms with Gasteiger partial charge in [-0.3, -0.25) is 4.98 Å². The van der Waals surface area contributed by atoms with Gasteiger partial charge < -0.3 is 4.90 Å². The van der Waals surface area contributed by atoms with Crippen LogP contribution in [-0.2, 0) is 12.8 Å². The minimum absolute atomic E-state index is 0.747. The molecule has 132 valence electrons. The maximum Gasteiger partial charge on any atom is 0.163 e. The number of thiocarbonyl (C=S) groups is 1. The van der Waals surface area contributed by atoms with Gasteiger partial charge in [0.2, 0.25) is 0 Å². The number of hydrogen-bond donors (Lipinski definition) is 0. The molecule has 1 fully saturated rings. The van der Waals surface area contributed by atoms with Crippen LogP contribution in [0.4, 0.5) is 0 Å². The van der Waals surface area contributed by atoms with Gasteiger partial charge in [0.15, 0.2) is 5.82 Å². The molecule has 0 atom stereocenters. The Morgan fingerprint density at radius 3 is 2.85 bits per heavy atom. The highest BCUT2D eigenvalue weighted by Gasteiger charge is 2.25. The Morgan fingerprint density at radius 1 is 1.15 bits per heavy atom. The zero-order valence-electron chi connectivity index (χ0n) is 14.3. The Balaban J connectivity index is 1.62. The van der Waals surface area contributed by atoms with Crippen LogP contribution in [0.5, 0.6) is 0 Å². The van der Waals surface area contributed by atoms with Crippen molar-refractivity contribution in [3.63, 3.8) is 0 Å². The van der Waals surface area contributed by atoms with Crippen molar-refractivity contribution in [3.05, 3.63) is 35.0 Å². The number of nitrogens with zero attached hydrogens (tertiary/aromatic N) is 4. The average Bonchev–Trinajstić information content (AvgIpc) is 3.39. The summed E-state index contributed by atoms with van der Waals surface area (Å²) in [4.78, 5) is 18.9. The van der Waals surface area contributed by atoms with E-state index in [1.165, 1.54) is 41.5 Å². The van der Waals surface area contributed by atoms with Gasteiger partial charge in [0.1, 0.15) is 14.2 Å². The molecule has 0 aromatic carbocycles. The Morgan fingerprint density at radius 2 is 2.04 bits per heavy atom. The highest BCUT2D eigenvalue weighted by Crippen LogP contribution is 2.42. The second kappa shape index (κ2) is 6.87. The fraction of sp³-hybridized carbons (Fsp3) is 0.368. The minimum Gasteiger partial charge on any atom is -0.357 e. The van der Waals surface area contributed by atoms with Gasteiger partial charge in [0.25, 0.3) is 0 Å². The Bertz CT molecular complexity index is 977. The summed E-state index contributed by atoms with van der Waals surface area (Å²) < 4.78 is 0.942. The Labute approximate surface area is 166 Å². The lowest BCUT2D eigenvalue weighted by molar-refractivity contribution is 0.539. The van der Waals surface area contributed by atoms with Gasteiger partial charge in [-0.1, -0.05) is 12.2 Å². The number of pyridine rings is 1. The quantitative estimate of drug-likeness (QED) is 0.354. The molecule has 0 amide bonds. The Kier molecular flexibility index (Phi) is 4.38. The number of likely N-dealkylation sites (tertiary alicyclic amines) is 1. The van der Waals surface area contributed by atoms with Crippen molar-refractivity contribution in [2.45, 2.75) is 37.1 Å². The first-order valence-corrected chi connectivity index (χ1v) is 11.0. The second-order valence-corrected chi connectivity index (χ2v) is 9.40. The molecule has 3 aromatic rings. The van der Waals surface area contributed by atoms with Gasteiger partial charge in [0, 0.05) is 41.3 Å². The van der Waals surface area contributed by atoms with E-state index in [0.29, 0.717) is 0 Å². The molecule has 0 radical (unpaired) electrons. The van der Waals surface area contributed by atoms with Gasteiger partial charge in [-0.15, -0.1) is 11.3 Å². The Hall–Kier alpha value is -1.57. The maximum absolute atomic E-state index is 5.74. The molecule has 0 bridgehead atoms. The summed E-state index contributed by atoms with van der Waals surface area (Å²) in [7, 11) is 0. The van der Waals surface area contributed by atoms with Crippen LogP contribution < -0.4 is 0 Å². The molecule has 0 unspecified atom stereocenters. The molecule has 1 aliphatic carbocycles. The zero-order chi connectivity index (χ0) is 17.5. The third kappa shape index (κ3) is 2.92. The van der Waals surface area contributed by atoms with Crippen LogP contribution in [-0.4, -0.2) is 37.3 Å². The standard InChI is InChI=1S/C19H18N4S3/c24-19(23-9-1-2-10-23)26-18-15-13-6-3-7-14(13)25-17(15)21-16(22-18)12-5-4-8-20-11-12/h4-5,8,11H,1-3,6-7,9-10H2. The van der Waals surface area contributed by atoms with Crippen LogP contribution >= 0.6 is 35.3 Å². The summed E-state index contributed by atoms with van der Waals surface area (Å²) in [5, 5.41) is 2.26. The third-order valence-electron chi connectivity index (χ3n) is 5.00. The highest BCUT2D eigenvalue weighted by atomic mass is 32.2. The van der Waals surface area contributed by atoms with E-state index in [1.54, 1.807) is 18.0 Å².